The van der Waals surface area contributed by atoms with Crippen LogP contribution in [0.25, 0.3) is 33.5 Å². The number of nitriles is 1. The molecule has 0 aliphatic heterocycles. The van der Waals surface area contributed by atoms with Gasteiger partial charge in [0.2, 0.25) is 0 Å². The van der Waals surface area contributed by atoms with Crippen LogP contribution in [-0.2, 0) is 0 Å². The first kappa shape index (κ1) is 16.5. The van der Waals surface area contributed by atoms with E-state index in [0.717, 1.165) is 27.9 Å². The predicted octanol–water partition coefficient (Wildman–Crippen LogP) is 3.22. The summed E-state index contributed by atoms with van der Waals surface area (Å²) in [6, 6.07) is 11.6. The zero-order valence-electron chi connectivity index (χ0n) is 14.8. The maximum atomic E-state index is 9.33. The highest BCUT2D eigenvalue weighted by atomic mass is 15.0. The van der Waals surface area contributed by atoms with Gasteiger partial charge in [-0.3, -0.25) is 9.97 Å². The van der Waals surface area contributed by atoms with E-state index in [2.05, 4.69) is 24.9 Å². The first-order valence-corrected chi connectivity index (χ1v) is 8.30. The zero-order chi connectivity index (χ0) is 19.0. The zero-order valence-corrected chi connectivity index (χ0v) is 14.8. The highest BCUT2D eigenvalue weighted by Crippen LogP contribution is 2.31. The van der Waals surface area contributed by atoms with Crippen LogP contribution >= 0.6 is 0 Å². The van der Waals surface area contributed by atoms with E-state index < -0.39 is 0 Å². The second-order valence-corrected chi connectivity index (χ2v) is 6.10. The molecular weight excluding hydrogens is 338 g/mol. The van der Waals surface area contributed by atoms with Crippen molar-refractivity contribution in [3.05, 3.63) is 59.8 Å². The molecule has 0 unspecified atom stereocenters. The largest absolute Gasteiger partial charge is 0.381 e. The molecule has 2 N–H and O–H groups in total. The van der Waals surface area contributed by atoms with Crippen LogP contribution in [0.1, 0.15) is 17.1 Å². The Morgan fingerprint density at radius 2 is 1.81 bits per heavy atom. The van der Waals surface area contributed by atoms with Gasteiger partial charge in [-0.25, -0.2) is 15.0 Å². The van der Waals surface area contributed by atoms with Crippen molar-refractivity contribution in [2.24, 2.45) is 0 Å². The molecule has 4 aromatic rings. The fraction of sp³-hybridized carbons (Fsp3) is 0.100. The molecule has 130 valence electrons. The average molecular weight is 353 g/mol. The van der Waals surface area contributed by atoms with Gasteiger partial charge in [-0.2, -0.15) is 5.26 Å². The Hall–Kier alpha value is -3.92. The molecule has 0 amide bonds. The number of hydrogen-bond donors (Lipinski definition) is 1. The SMILES string of the molecule is Cc1ncc(-c2nc(N)c(C#N)nc2-c2ccc3ncccc3c2)nc1C. The quantitative estimate of drug-likeness (QED) is 0.588. The van der Waals surface area contributed by atoms with Gasteiger partial charge < -0.3 is 5.73 Å². The molecule has 0 bridgehead atoms. The summed E-state index contributed by atoms with van der Waals surface area (Å²) in [7, 11) is 0. The summed E-state index contributed by atoms with van der Waals surface area (Å²) in [5.74, 6) is 0.0683. The number of hydrogen-bond acceptors (Lipinski definition) is 7. The first-order valence-electron chi connectivity index (χ1n) is 8.30. The molecule has 0 spiro atoms. The van der Waals surface area contributed by atoms with E-state index in [0.29, 0.717) is 17.1 Å². The predicted molar refractivity (Wildman–Crippen MR) is 102 cm³/mol. The number of nitrogen functional groups attached to an aromatic ring is 1. The van der Waals surface area contributed by atoms with Crippen molar-refractivity contribution in [1.82, 2.24) is 24.9 Å². The third-order valence-corrected chi connectivity index (χ3v) is 4.34. The van der Waals surface area contributed by atoms with Crippen molar-refractivity contribution in [1.29, 1.82) is 5.26 Å². The van der Waals surface area contributed by atoms with Gasteiger partial charge in [0.05, 0.1) is 28.8 Å². The molecule has 0 saturated carbocycles. The third kappa shape index (κ3) is 2.93. The first-order chi connectivity index (χ1) is 13.1. The maximum Gasteiger partial charge on any atom is 0.183 e. The Kier molecular flexibility index (Phi) is 3.94. The summed E-state index contributed by atoms with van der Waals surface area (Å²) < 4.78 is 0. The summed E-state index contributed by atoms with van der Waals surface area (Å²) in [5, 5.41) is 10.3. The van der Waals surface area contributed by atoms with Gasteiger partial charge in [0, 0.05) is 17.1 Å². The van der Waals surface area contributed by atoms with Crippen molar-refractivity contribution in [3.8, 4) is 28.7 Å². The normalized spacial score (nSPS) is 10.7. The van der Waals surface area contributed by atoms with Crippen LogP contribution < -0.4 is 5.73 Å². The second-order valence-electron chi connectivity index (χ2n) is 6.10. The molecule has 7 heteroatoms. The van der Waals surface area contributed by atoms with Gasteiger partial charge in [-0.05, 0) is 32.0 Å². The van der Waals surface area contributed by atoms with Gasteiger partial charge in [0.15, 0.2) is 11.5 Å². The summed E-state index contributed by atoms with van der Waals surface area (Å²) in [5.41, 5.74) is 10.9. The lowest BCUT2D eigenvalue weighted by Crippen LogP contribution is -2.05. The topological polar surface area (TPSA) is 114 Å². The van der Waals surface area contributed by atoms with Crippen molar-refractivity contribution in [3.63, 3.8) is 0 Å². The van der Waals surface area contributed by atoms with E-state index in [1.54, 1.807) is 12.4 Å². The Balaban J connectivity index is 1.99. The fourth-order valence-corrected chi connectivity index (χ4v) is 2.79. The molecule has 0 radical (unpaired) electrons. The van der Waals surface area contributed by atoms with Crippen molar-refractivity contribution >= 4 is 16.7 Å². The van der Waals surface area contributed by atoms with Crippen LogP contribution in [0, 0.1) is 25.2 Å². The monoisotopic (exact) mass is 353 g/mol. The van der Waals surface area contributed by atoms with E-state index in [9.17, 15) is 5.26 Å². The molecule has 3 heterocycles. The summed E-state index contributed by atoms with van der Waals surface area (Å²) in [4.78, 5) is 22.1. The van der Waals surface area contributed by atoms with Crippen LogP contribution in [-0.4, -0.2) is 24.9 Å². The van der Waals surface area contributed by atoms with E-state index in [1.807, 2.05) is 50.2 Å². The molecule has 0 atom stereocenters. The van der Waals surface area contributed by atoms with Crippen LogP contribution in [0.2, 0.25) is 0 Å². The number of anilines is 1. The van der Waals surface area contributed by atoms with E-state index in [4.69, 9.17) is 5.73 Å². The van der Waals surface area contributed by atoms with Crippen molar-refractivity contribution in [2.75, 3.05) is 5.73 Å². The molecule has 27 heavy (non-hydrogen) atoms. The molecule has 3 aromatic heterocycles. The minimum atomic E-state index is 0.0683. The molecule has 4 rings (SSSR count). The lowest BCUT2D eigenvalue weighted by molar-refractivity contribution is 1.04. The molecule has 0 saturated heterocycles. The molecule has 7 nitrogen and oxygen atoms in total. The number of pyridine rings is 1. The van der Waals surface area contributed by atoms with Gasteiger partial charge >= 0.3 is 0 Å². The van der Waals surface area contributed by atoms with E-state index in [1.165, 1.54) is 0 Å². The van der Waals surface area contributed by atoms with Gasteiger partial charge in [0.1, 0.15) is 17.5 Å². The Bertz CT molecular complexity index is 1220. The lowest BCUT2D eigenvalue weighted by atomic mass is 10.0. The number of nitrogens with zero attached hydrogens (tertiary/aromatic N) is 6. The number of fused-ring (bicyclic) bond motifs is 1. The molecular formula is C20H15N7. The lowest BCUT2D eigenvalue weighted by Gasteiger charge is -2.11. The van der Waals surface area contributed by atoms with Gasteiger partial charge in [-0.15, -0.1) is 0 Å². The van der Waals surface area contributed by atoms with Crippen molar-refractivity contribution < 1.29 is 0 Å². The third-order valence-electron chi connectivity index (χ3n) is 4.34. The minimum Gasteiger partial charge on any atom is -0.381 e. The highest BCUT2D eigenvalue weighted by molar-refractivity contribution is 5.87. The standard InChI is InChI=1S/C20H15N7/c1-11-12(2)25-17(10-24-11)19-18(26-16(9-21)20(22)27-19)14-5-6-15-13(8-14)4-3-7-23-15/h3-8,10H,1-2H3,(H2,22,27). The molecule has 1 aromatic carbocycles. The Morgan fingerprint density at radius 1 is 0.963 bits per heavy atom. The number of aromatic nitrogens is 5. The van der Waals surface area contributed by atoms with Gasteiger partial charge in [0.25, 0.3) is 0 Å². The smallest absolute Gasteiger partial charge is 0.183 e. The molecule has 0 aliphatic rings. The number of rotatable bonds is 2. The second kappa shape index (κ2) is 6.42. The summed E-state index contributed by atoms with van der Waals surface area (Å²) in [6.45, 7) is 3.77. The number of aryl methyl sites for hydroxylation is 2. The number of benzene rings is 1. The van der Waals surface area contributed by atoms with E-state index >= 15 is 0 Å². The van der Waals surface area contributed by atoms with Gasteiger partial charge in [-0.1, -0.05) is 12.1 Å². The average Bonchev–Trinajstić information content (AvgIpc) is 2.69. The van der Waals surface area contributed by atoms with Crippen molar-refractivity contribution in [2.45, 2.75) is 13.8 Å². The van der Waals surface area contributed by atoms with Crippen LogP contribution in [0.4, 0.5) is 5.82 Å². The number of nitrogens with two attached hydrogens (primary N) is 1. The van der Waals surface area contributed by atoms with Crippen LogP contribution in [0.15, 0.2) is 42.7 Å². The van der Waals surface area contributed by atoms with Crippen LogP contribution in [0.5, 0.6) is 0 Å². The minimum absolute atomic E-state index is 0.0683. The molecule has 0 aliphatic carbocycles. The highest BCUT2D eigenvalue weighted by Gasteiger charge is 2.17. The maximum absolute atomic E-state index is 9.33. The Labute approximate surface area is 155 Å². The van der Waals surface area contributed by atoms with E-state index in [-0.39, 0.29) is 11.5 Å². The molecule has 0 fully saturated rings. The summed E-state index contributed by atoms with van der Waals surface area (Å²) in [6.07, 6.45) is 3.39. The van der Waals surface area contributed by atoms with Crippen LogP contribution in [0.3, 0.4) is 0 Å². The Morgan fingerprint density at radius 3 is 2.59 bits per heavy atom. The summed E-state index contributed by atoms with van der Waals surface area (Å²) >= 11 is 0. The fourth-order valence-electron chi connectivity index (χ4n) is 2.79.